The maximum absolute atomic E-state index is 13.7. The van der Waals surface area contributed by atoms with E-state index in [0.717, 1.165) is 12.1 Å². The molecule has 0 aromatic heterocycles. The van der Waals surface area contributed by atoms with Crippen LogP contribution in [0.4, 0.5) is 8.78 Å². The average molecular weight is 366 g/mol. The number of carbonyl (C=O) groups excluding carboxylic acids is 3. The van der Waals surface area contributed by atoms with Crippen LogP contribution < -0.4 is 5.32 Å². The number of rotatable bonds is 5. The van der Waals surface area contributed by atoms with Crippen LogP contribution >= 0.6 is 0 Å². The lowest BCUT2D eigenvalue weighted by Gasteiger charge is -2.31. The van der Waals surface area contributed by atoms with Crippen molar-refractivity contribution in [1.82, 2.24) is 10.2 Å². The van der Waals surface area contributed by atoms with Gasteiger partial charge in [-0.1, -0.05) is 6.08 Å². The zero-order valence-electron chi connectivity index (χ0n) is 14.3. The molecule has 6 nitrogen and oxygen atoms in total. The molecule has 1 fully saturated rings. The summed E-state index contributed by atoms with van der Waals surface area (Å²) in [6, 6.07) is 2.84. The second kappa shape index (κ2) is 9.07. The number of piperidine rings is 1. The van der Waals surface area contributed by atoms with Crippen LogP contribution in [0.25, 0.3) is 0 Å². The highest BCUT2D eigenvalue weighted by atomic mass is 19.1. The molecule has 0 spiro atoms. The SMILES string of the molecule is COC(=O)/C=C/CNC(=O)C1CCN(C(=O)c2ccc(F)cc2F)CC1. The van der Waals surface area contributed by atoms with Crippen LogP contribution in [0.2, 0.25) is 0 Å². The third-order valence-electron chi connectivity index (χ3n) is 4.16. The number of nitrogens with zero attached hydrogens (tertiary/aromatic N) is 1. The van der Waals surface area contributed by atoms with Crippen molar-refractivity contribution >= 4 is 17.8 Å². The van der Waals surface area contributed by atoms with Crippen molar-refractivity contribution < 1.29 is 27.9 Å². The van der Waals surface area contributed by atoms with E-state index < -0.39 is 23.5 Å². The minimum absolute atomic E-state index is 0.167. The van der Waals surface area contributed by atoms with E-state index in [9.17, 15) is 23.2 Å². The van der Waals surface area contributed by atoms with E-state index in [1.54, 1.807) is 0 Å². The minimum atomic E-state index is -0.896. The number of benzene rings is 1. The molecule has 0 bridgehead atoms. The summed E-state index contributed by atoms with van der Waals surface area (Å²) in [6.45, 7) is 0.825. The Hall–Kier alpha value is -2.77. The normalized spacial score (nSPS) is 15.1. The van der Waals surface area contributed by atoms with E-state index in [1.165, 1.54) is 24.2 Å². The summed E-state index contributed by atoms with van der Waals surface area (Å²) in [4.78, 5) is 36.8. The molecule has 0 atom stereocenters. The predicted molar refractivity (Wildman–Crippen MR) is 89.2 cm³/mol. The van der Waals surface area contributed by atoms with Gasteiger partial charge in [0.25, 0.3) is 5.91 Å². The van der Waals surface area contributed by atoms with Crippen molar-refractivity contribution in [3.63, 3.8) is 0 Å². The first-order valence-corrected chi connectivity index (χ1v) is 8.19. The molecule has 2 rings (SSSR count). The number of hydrogen-bond acceptors (Lipinski definition) is 4. The number of methoxy groups -OCH3 is 1. The molecule has 140 valence electrons. The van der Waals surface area contributed by atoms with E-state index >= 15 is 0 Å². The molecule has 0 unspecified atom stereocenters. The van der Waals surface area contributed by atoms with Crippen LogP contribution in [0.5, 0.6) is 0 Å². The first kappa shape index (κ1) is 19.6. The number of nitrogens with one attached hydrogen (secondary N) is 1. The second-order valence-electron chi connectivity index (χ2n) is 5.86. The van der Waals surface area contributed by atoms with Crippen LogP contribution in [0.3, 0.4) is 0 Å². The Kier molecular flexibility index (Phi) is 6.82. The molecule has 26 heavy (non-hydrogen) atoms. The smallest absolute Gasteiger partial charge is 0.330 e. The Labute approximate surface area is 149 Å². The molecule has 0 aliphatic carbocycles. The predicted octanol–water partition coefficient (Wildman–Crippen LogP) is 1.66. The van der Waals surface area contributed by atoms with Gasteiger partial charge in [-0.25, -0.2) is 13.6 Å². The van der Waals surface area contributed by atoms with Gasteiger partial charge in [0.2, 0.25) is 5.91 Å². The van der Waals surface area contributed by atoms with Gasteiger partial charge in [0, 0.05) is 37.7 Å². The molecular weight excluding hydrogens is 346 g/mol. The molecule has 2 amide bonds. The molecule has 0 radical (unpaired) electrons. The van der Waals surface area contributed by atoms with Crippen LogP contribution in [-0.2, 0) is 14.3 Å². The second-order valence-corrected chi connectivity index (χ2v) is 5.86. The van der Waals surface area contributed by atoms with E-state index in [-0.39, 0.29) is 23.9 Å². The van der Waals surface area contributed by atoms with E-state index in [0.29, 0.717) is 32.0 Å². The summed E-state index contributed by atoms with van der Waals surface area (Å²) in [5, 5.41) is 2.68. The summed E-state index contributed by atoms with van der Waals surface area (Å²) in [5.41, 5.74) is -0.178. The summed E-state index contributed by atoms with van der Waals surface area (Å²) in [5.74, 6) is -3.08. The largest absolute Gasteiger partial charge is 0.466 e. The van der Waals surface area contributed by atoms with Gasteiger partial charge in [-0.3, -0.25) is 9.59 Å². The molecule has 1 heterocycles. The summed E-state index contributed by atoms with van der Waals surface area (Å²) >= 11 is 0. The lowest BCUT2D eigenvalue weighted by atomic mass is 9.95. The van der Waals surface area contributed by atoms with Gasteiger partial charge in [0.05, 0.1) is 12.7 Å². The van der Waals surface area contributed by atoms with E-state index in [4.69, 9.17) is 0 Å². The maximum Gasteiger partial charge on any atom is 0.330 e. The molecule has 1 aliphatic heterocycles. The third kappa shape index (κ3) is 5.11. The summed E-state index contributed by atoms with van der Waals surface area (Å²) in [6.07, 6.45) is 3.60. The Morgan fingerprint density at radius 3 is 2.58 bits per heavy atom. The Morgan fingerprint density at radius 2 is 1.96 bits per heavy atom. The quantitative estimate of drug-likeness (QED) is 0.635. The van der Waals surface area contributed by atoms with Crippen molar-refractivity contribution in [2.24, 2.45) is 5.92 Å². The Bertz CT molecular complexity index is 713. The molecule has 1 aromatic rings. The fourth-order valence-electron chi connectivity index (χ4n) is 2.71. The molecular formula is C18H20F2N2O4. The van der Waals surface area contributed by atoms with Crippen molar-refractivity contribution in [3.05, 3.63) is 47.5 Å². The van der Waals surface area contributed by atoms with Crippen molar-refractivity contribution in [2.45, 2.75) is 12.8 Å². The third-order valence-corrected chi connectivity index (χ3v) is 4.16. The number of halogens is 2. The van der Waals surface area contributed by atoms with Gasteiger partial charge in [-0.15, -0.1) is 0 Å². The molecule has 8 heteroatoms. The van der Waals surface area contributed by atoms with Crippen LogP contribution in [-0.4, -0.2) is 49.4 Å². The van der Waals surface area contributed by atoms with Crippen LogP contribution in [0.1, 0.15) is 23.2 Å². The van der Waals surface area contributed by atoms with Gasteiger partial charge in [0.15, 0.2) is 0 Å². The first-order valence-electron chi connectivity index (χ1n) is 8.19. The Balaban J connectivity index is 1.82. The number of esters is 1. The molecule has 1 aliphatic rings. The van der Waals surface area contributed by atoms with Crippen molar-refractivity contribution in [1.29, 1.82) is 0 Å². The average Bonchev–Trinajstić information content (AvgIpc) is 2.64. The van der Waals surface area contributed by atoms with E-state index in [1.807, 2.05) is 0 Å². The highest BCUT2D eigenvalue weighted by Crippen LogP contribution is 2.20. The van der Waals surface area contributed by atoms with Gasteiger partial charge < -0.3 is 15.0 Å². The number of likely N-dealkylation sites (tertiary alicyclic amines) is 1. The molecule has 1 aromatic carbocycles. The lowest BCUT2D eigenvalue weighted by Crippen LogP contribution is -2.43. The Morgan fingerprint density at radius 1 is 1.27 bits per heavy atom. The number of amides is 2. The minimum Gasteiger partial charge on any atom is -0.466 e. The molecule has 0 saturated carbocycles. The fraction of sp³-hybridized carbons (Fsp3) is 0.389. The van der Waals surface area contributed by atoms with Crippen LogP contribution in [0, 0.1) is 17.6 Å². The van der Waals surface area contributed by atoms with Crippen molar-refractivity contribution in [2.75, 3.05) is 26.7 Å². The zero-order chi connectivity index (χ0) is 19.1. The number of carbonyl (C=O) groups is 3. The zero-order valence-corrected chi connectivity index (χ0v) is 14.3. The van der Waals surface area contributed by atoms with Crippen LogP contribution in [0.15, 0.2) is 30.4 Å². The monoisotopic (exact) mass is 366 g/mol. The highest BCUT2D eigenvalue weighted by Gasteiger charge is 2.28. The van der Waals surface area contributed by atoms with Crippen molar-refractivity contribution in [3.8, 4) is 0 Å². The maximum atomic E-state index is 13.7. The highest BCUT2D eigenvalue weighted by molar-refractivity contribution is 5.94. The topological polar surface area (TPSA) is 75.7 Å². The summed E-state index contributed by atoms with van der Waals surface area (Å²) in [7, 11) is 1.26. The first-order chi connectivity index (χ1) is 12.4. The van der Waals surface area contributed by atoms with Gasteiger partial charge >= 0.3 is 5.97 Å². The van der Waals surface area contributed by atoms with Gasteiger partial charge in [0.1, 0.15) is 11.6 Å². The fourth-order valence-corrected chi connectivity index (χ4v) is 2.71. The number of ether oxygens (including phenoxy) is 1. The number of hydrogen-bond donors (Lipinski definition) is 1. The standard InChI is InChI=1S/C18H20F2N2O4/c1-26-16(23)3-2-8-21-17(24)12-6-9-22(10-7-12)18(25)14-5-4-13(19)11-15(14)20/h2-5,11-12H,6-10H2,1H3,(H,21,24)/b3-2+. The van der Waals surface area contributed by atoms with E-state index in [2.05, 4.69) is 10.1 Å². The summed E-state index contributed by atoms with van der Waals surface area (Å²) < 4.78 is 31.1. The lowest BCUT2D eigenvalue weighted by molar-refractivity contribution is -0.135. The van der Waals surface area contributed by atoms with Gasteiger partial charge in [-0.2, -0.15) is 0 Å². The molecule has 1 saturated heterocycles. The van der Waals surface area contributed by atoms with Gasteiger partial charge in [-0.05, 0) is 25.0 Å². The molecule has 1 N–H and O–H groups in total.